The fraction of sp³-hybridized carbons (Fsp3) is 0.167. The molecule has 0 aliphatic rings. The van der Waals surface area contributed by atoms with Crippen molar-refractivity contribution in [2.75, 3.05) is 7.05 Å². The zero-order valence-electron chi connectivity index (χ0n) is 12.4. The first-order valence-corrected chi connectivity index (χ1v) is 7.19. The summed E-state index contributed by atoms with van der Waals surface area (Å²) in [4.78, 5) is 17.4. The molecule has 22 heavy (non-hydrogen) atoms. The third-order valence-corrected chi connectivity index (χ3v) is 3.80. The van der Waals surface area contributed by atoms with Crippen molar-refractivity contribution in [1.29, 1.82) is 0 Å². The van der Waals surface area contributed by atoms with Crippen LogP contribution in [0.5, 0.6) is 0 Å². The first kappa shape index (κ1) is 14.4. The average Bonchev–Trinajstić information content (AvgIpc) is 3.04. The topological polar surface area (TPSA) is 56.3 Å². The lowest BCUT2D eigenvalue weighted by atomic mass is 10.1. The van der Waals surface area contributed by atoms with Gasteiger partial charge >= 0.3 is 0 Å². The standard InChI is InChI=1S/C18H18N2O2/c1-20(18(22)14-5-2-4-13(10-14)12-21)11-15-6-3-7-17-16(15)8-9-19-17/h2-10,19,21H,11-12H2,1H3. The van der Waals surface area contributed by atoms with Crippen LogP contribution in [0.15, 0.2) is 54.7 Å². The Labute approximate surface area is 129 Å². The van der Waals surface area contributed by atoms with E-state index in [1.165, 1.54) is 0 Å². The molecule has 0 aliphatic carbocycles. The van der Waals surface area contributed by atoms with Crippen molar-refractivity contribution >= 4 is 16.8 Å². The van der Waals surface area contributed by atoms with Gasteiger partial charge in [0, 0.05) is 36.3 Å². The van der Waals surface area contributed by atoms with Crippen molar-refractivity contribution in [3.63, 3.8) is 0 Å². The number of carbonyl (C=O) groups is 1. The van der Waals surface area contributed by atoms with Gasteiger partial charge in [-0.15, -0.1) is 0 Å². The molecule has 1 heterocycles. The molecule has 2 aromatic carbocycles. The molecule has 1 amide bonds. The average molecular weight is 294 g/mol. The molecule has 0 radical (unpaired) electrons. The van der Waals surface area contributed by atoms with Crippen molar-refractivity contribution in [2.45, 2.75) is 13.2 Å². The molecule has 0 aliphatic heterocycles. The van der Waals surface area contributed by atoms with Crippen LogP contribution in [0.4, 0.5) is 0 Å². The van der Waals surface area contributed by atoms with E-state index in [4.69, 9.17) is 0 Å². The molecule has 0 saturated carbocycles. The second-order valence-electron chi connectivity index (χ2n) is 5.38. The van der Waals surface area contributed by atoms with Crippen molar-refractivity contribution in [1.82, 2.24) is 9.88 Å². The van der Waals surface area contributed by atoms with Gasteiger partial charge in [0.1, 0.15) is 0 Å². The Bertz CT molecular complexity index is 807. The predicted molar refractivity (Wildman–Crippen MR) is 86.5 cm³/mol. The number of hydrogen-bond donors (Lipinski definition) is 2. The largest absolute Gasteiger partial charge is 0.392 e. The summed E-state index contributed by atoms with van der Waals surface area (Å²) < 4.78 is 0. The summed E-state index contributed by atoms with van der Waals surface area (Å²) in [5.41, 5.74) is 3.51. The molecule has 0 bridgehead atoms. The normalized spacial score (nSPS) is 10.8. The Morgan fingerprint density at radius 3 is 2.82 bits per heavy atom. The van der Waals surface area contributed by atoms with E-state index < -0.39 is 0 Å². The van der Waals surface area contributed by atoms with Crippen molar-refractivity contribution in [3.05, 3.63) is 71.4 Å². The summed E-state index contributed by atoms with van der Waals surface area (Å²) in [5.74, 6) is -0.0529. The Morgan fingerprint density at radius 1 is 1.18 bits per heavy atom. The maximum absolute atomic E-state index is 12.5. The molecule has 0 atom stereocenters. The molecule has 2 N–H and O–H groups in total. The minimum Gasteiger partial charge on any atom is -0.392 e. The molecule has 4 heteroatoms. The van der Waals surface area contributed by atoms with E-state index >= 15 is 0 Å². The molecule has 3 aromatic rings. The van der Waals surface area contributed by atoms with Crippen molar-refractivity contribution in [2.24, 2.45) is 0 Å². The summed E-state index contributed by atoms with van der Waals surface area (Å²) in [6, 6.07) is 15.2. The molecule has 1 aromatic heterocycles. The summed E-state index contributed by atoms with van der Waals surface area (Å²) in [7, 11) is 1.79. The fourth-order valence-corrected chi connectivity index (χ4v) is 2.64. The number of fused-ring (bicyclic) bond motifs is 1. The first-order chi connectivity index (χ1) is 10.7. The fourth-order valence-electron chi connectivity index (χ4n) is 2.64. The Hall–Kier alpha value is -2.59. The van der Waals surface area contributed by atoms with Gasteiger partial charge in [-0.2, -0.15) is 0 Å². The van der Waals surface area contributed by atoms with E-state index in [1.54, 1.807) is 36.2 Å². The lowest BCUT2D eigenvalue weighted by Gasteiger charge is -2.18. The molecular formula is C18H18N2O2. The number of amides is 1. The molecule has 0 spiro atoms. The minimum atomic E-state index is -0.0620. The van der Waals surface area contributed by atoms with Crippen LogP contribution in [0.2, 0.25) is 0 Å². The van der Waals surface area contributed by atoms with E-state index in [0.29, 0.717) is 12.1 Å². The second kappa shape index (κ2) is 6.03. The molecule has 0 saturated heterocycles. The Kier molecular flexibility index (Phi) is 3.94. The van der Waals surface area contributed by atoms with Gasteiger partial charge in [-0.05, 0) is 35.4 Å². The van der Waals surface area contributed by atoms with Gasteiger partial charge < -0.3 is 15.0 Å². The minimum absolute atomic E-state index is 0.0529. The lowest BCUT2D eigenvalue weighted by molar-refractivity contribution is 0.0785. The molecule has 4 nitrogen and oxygen atoms in total. The van der Waals surface area contributed by atoms with E-state index in [0.717, 1.165) is 22.0 Å². The highest BCUT2D eigenvalue weighted by atomic mass is 16.3. The number of aliphatic hydroxyl groups excluding tert-OH is 1. The van der Waals surface area contributed by atoms with Crippen LogP contribution in [0.1, 0.15) is 21.5 Å². The molecule has 3 rings (SSSR count). The van der Waals surface area contributed by atoms with Crippen LogP contribution >= 0.6 is 0 Å². The van der Waals surface area contributed by atoms with Gasteiger partial charge in [0.05, 0.1) is 6.61 Å². The van der Waals surface area contributed by atoms with Crippen LogP contribution < -0.4 is 0 Å². The highest BCUT2D eigenvalue weighted by molar-refractivity contribution is 5.94. The number of carbonyl (C=O) groups excluding carboxylic acids is 1. The van der Waals surface area contributed by atoms with Crippen LogP contribution in [-0.2, 0) is 13.2 Å². The molecular weight excluding hydrogens is 276 g/mol. The van der Waals surface area contributed by atoms with Gasteiger partial charge in [0.25, 0.3) is 5.91 Å². The van der Waals surface area contributed by atoms with Gasteiger partial charge in [-0.25, -0.2) is 0 Å². The zero-order chi connectivity index (χ0) is 15.5. The number of aromatic amines is 1. The van der Waals surface area contributed by atoms with Crippen molar-refractivity contribution in [3.8, 4) is 0 Å². The third-order valence-electron chi connectivity index (χ3n) is 3.80. The molecule has 0 fully saturated rings. The van der Waals surface area contributed by atoms with Gasteiger partial charge in [-0.1, -0.05) is 24.3 Å². The van der Waals surface area contributed by atoms with Crippen LogP contribution in [-0.4, -0.2) is 27.9 Å². The van der Waals surface area contributed by atoms with Gasteiger partial charge in [0.2, 0.25) is 0 Å². The van der Waals surface area contributed by atoms with Gasteiger partial charge in [0.15, 0.2) is 0 Å². The van der Waals surface area contributed by atoms with E-state index in [9.17, 15) is 9.90 Å². The number of benzene rings is 2. The predicted octanol–water partition coefficient (Wildman–Crippen LogP) is 2.93. The summed E-state index contributed by atoms with van der Waals surface area (Å²) in [6.07, 6.45) is 1.90. The SMILES string of the molecule is CN(Cc1cccc2[nH]ccc12)C(=O)c1cccc(CO)c1. The first-order valence-electron chi connectivity index (χ1n) is 7.19. The third kappa shape index (κ3) is 2.73. The summed E-state index contributed by atoms with van der Waals surface area (Å²) in [6.45, 7) is 0.477. The number of nitrogens with zero attached hydrogens (tertiary/aromatic N) is 1. The van der Waals surface area contributed by atoms with E-state index in [1.807, 2.05) is 30.5 Å². The maximum atomic E-state index is 12.5. The molecule has 112 valence electrons. The number of rotatable bonds is 4. The number of aliphatic hydroxyl groups is 1. The van der Waals surface area contributed by atoms with Crippen LogP contribution in [0.3, 0.4) is 0 Å². The highest BCUT2D eigenvalue weighted by Crippen LogP contribution is 2.19. The van der Waals surface area contributed by atoms with E-state index in [-0.39, 0.29) is 12.5 Å². The Balaban J connectivity index is 1.83. The number of hydrogen-bond acceptors (Lipinski definition) is 2. The lowest BCUT2D eigenvalue weighted by Crippen LogP contribution is -2.26. The van der Waals surface area contributed by atoms with Crippen molar-refractivity contribution < 1.29 is 9.90 Å². The van der Waals surface area contributed by atoms with Crippen LogP contribution in [0, 0.1) is 0 Å². The Morgan fingerprint density at radius 2 is 2.00 bits per heavy atom. The summed E-state index contributed by atoms with van der Waals surface area (Å²) >= 11 is 0. The number of H-pyrrole nitrogens is 1. The number of aromatic nitrogens is 1. The zero-order valence-corrected chi connectivity index (χ0v) is 12.4. The second-order valence-corrected chi connectivity index (χ2v) is 5.38. The number of nitrogens with one attached hydrogen (secondary N) is 1. The monoisotopic (exact) mass is 294 g/mol. The smallest absolute Gasteiger partial charge is 0.253 e. The maximum Gasteiger partial charge on any atom is 0.253 e. The highest BCUT2D eigenvalue weighted by Gasteiger charge is 2.13. The van der Waals surface area contributed by atoms with E-state index in [2.05, 4.69) is 4.98 Å². The van der Waals surface area contributed by atoms with Gasteiger partial charge in [-0.3, -0.25) is 4.79 Å². The van der Waals surface area contributed by atoms with Crippen LogP contribution in [0.25, 0.3) is 10.9 Å². The quantitative estimate of drug-likeness (QED) is 0.777. The summed E-state index contributed by atoms with van der Waals surface area (Å²) in [5, 5.41) is 10.3. The molecule has 0 unspecified atom stereocenters.